The number of benzene rings is 1. The van der Waals surface area contributed by atoms with E-state index in [2.05, 4.69) is 31.2 Å². The number of hydrogen-bond donors (Lipinski definition) is 2. The molecule has 5 rings (SSSR count). The maximum absolute atomic E-state index is 11.8. The summed E-state index contributed by atoms with van der Waals surface area (Å²) in [6.07, 6.45) is 5.54. The molecule has 0 radical (unpaired) electrons. The summed E-state index contributed by atoms with van der Waals surface area (Å²) in [4.78, 5) is 23.0. The highest BCUT2D eigenvalue weighted by atomic mass is 32.1. The minimum absolute atomic E-state index is 0.186. The molecule has 1 fully saturated rings. The van der Waals surface area contributed by atoms with Crippen molar-refractivity contribution in [2.45, 2.75) is 19.0 Å². The molecule has 2 N–H and O–H groups in total. The van der Waals surface area contributed by atoms with Gasteiger partial charge >= 0.3 is 0 Å². The lowest BCUT2D eigenvalue weighted by Crippen LogP contribution is -2.30. The SMILES string of the molecule is COc1ccc(N2C(=S)N[C@@H](c3ccccn3)[C@H]2c2cccn2-c2ccccn2)cc1NC(C)=O. The number of pyridine rings is 2. The van der Waals surface area contributed by atoms with Crippen molar-refractivity contribution in [3.05, 3.63) is 96.7 Å². The topological polar surface area (TPSA) is 84.3 Å². The smallest absolute Gasteiger partial charge is 0.221 e. The van der Waals surface area contributed by atoms with Crippen LogP contribution in [0.25, 0.3) is 5.82 Å². The van der Waals surface area contributed by atoms with Gasteiger partial charge in [0.05, 0.1) is 24.5 Å². The third-order valence-electron chi connectivity index (χ3n) is 5.85. The first-order valence-electron chi connectivity index (χ1n) is 11.1. The Morgan fingerprint density at radius 3 is 2.54 bits per heavy atom. The van der Waals surface area contributed by atoms with Gasteiger partial charge in [0.2, 0.25) is 5.91 Å². The summed E-state index contributed by atoms with van der Waals surface area (Å²) in [5.41, 5.74) is 3.24. The zero-order valence-corrected chi connectivity index (χ0v) is 20.1. The number of methoxy groups -OCH3 is 1. The van der Waals surface area contributed by atoms with Crippen molar-refractivity contribution >= 4 is 34.6 Å². The van der Waals surface area contributed by atoms with Crippen LogP contribution in [-0.4, -0.2) is 32.7 Å². The lowest BCUT2D eigenvalue weighted by atomic mass is 10.0. The molecule has 0 spiro atoms. The van der Waals surface area contributed by atoms with E-state index in [9.17, 15) is 4.79 Å². The minimum atomic E-state index is -0.243. The molecule has 8 nitrogen and oxygen atoms in total. The summed E-state index contributed by atoms with van der Waals surface area (Å²) < 4.78 is 7.51. The van der Waals surface area contributed by atoms with Crippen molar-refractivity contribution in [1.29, 1.82) is 0 Å². The normalized spacial score (nSPS) is 17.2. The summed E-state index contributed by atoms with van der Waals surface area (Å²) in [5.74, 6) is 1.19. The van der Waals surface area contributed by atoms with Gasteiger partial charge in [-0.25, -0.2) is 4.98 Å². The van der Waals surface area contributed by atoms with Gasteiger partial charge in [0.1, 0.15) is 17.6 Å². The van der Waals surface area contributed by atoms with E-state index in [0.717, 1.165) is 22.9 Å². The van der Waals surface area contributed by atoms with Gasteiger partial charge in [-0.2, -0.15) is 0 Å². The van der Waals surface area contributed by atoms with E-state index >= 15 is 0 Å². The Kier molecular flexibility index (Phi) is 6.15. The fraction of sp³-hybridized carbons (Fsp3) is 0.154. The molecule has 176 valence electrons. The molecule has 4 heterocycles. The van der Waals surface area contributed by atoms with Crippen LogP contribution in [-0.2, 0) is 4.79 Å². The van der Waals surface area contributed by atoms with Gasteiger partial charge in [0.25, 0.3) is 0 Å². The van der Waals surface area contributed by atoms with E-state index in [1.165, 1.54) is 6.92 Å². The zero-order chi connectivity index (χ0) is 24.4. The first-order chi connectivity index (χ1) is 17.1. The van der Waals surface area contributed by atoms with Gasteiger partial charge in [0.15, 0.2) is 5.11 Å². The first kappa shape index (κ1) is 22.5. The molecule has 0 unspecified atom stereocenters. The lowest BCUT2D eigenvalue weighted by Gasteiger charge is -2.29. The summed E-state index contributed by atoms with van der Waals surface area (Å²) in [6, 6.07) is 20.9. The number of carbonyl (C=O) groups excluding carboxylic acids is 1. The maximum Gasteiger partial charge on any atom is 0.221 e. The first-order valence-corrected chi connectivity index (χ1v) is 11.5. The molecular formula is C26H24N6O2S. The van der Waals surface area contributed by atoms with E-state index in [1.54, 1.807) is 19.5 Å². The number of aromatic nitrogens is 3. The van der Waals surface area contributed by atoms with Gasteiger partial charge < -0.3 is 24.8 Å². The Morgan fingerprint density at radius 1 is 1.06 bits per heavy atom. The Morgan fingerprint density at radius 2 is 1.86 bits per heavy atom. The molecule has 2 atom stereocenters. The lowest BCUT2D eigenvalue weighted by molar-refractivity contribution is -0.114. The van der Waals surface area contributed by atoms with Crippen molar-refractivity contribution in [1.82, 2.24) is 19.9 Å². The van der Waals surface area contributed by atoms with Crippen LogP contribution in [0.1, 0.15) is 30.4 Å². The second-order valence-electron chi connectivity index (χ2n) is 8.05. The van der Waals surface area contributed by atoms with Crippen molar-refractivity contribution in [3.8, 4) is 11.6 Å². The zero-order valence-electron chi connectivity index (χ0n) is 19.3. The van der Waals surface area contributed by atoms with E-state index in [-0.39, 0.29) is 18.0 Å². The van der Waals surface area contributed by atoms with Crippen LogP contribution in [0, 0.1) is 0 Å². The van der Waals surface area contributed by atoms with Crippen LogP contribution >= 0.6 is 12.2 Å². The third kappa shape index (κ3) is 4.33. The van der Waals surface area contributed by atoms with Crippen molar-refractivity contribution in [2.75, 3.05) is 17.3 Å². The third-order valence-corrected chi connectivity index (χ3v) is 6.16. The van der Waals surface area contributed by atoms with Crippen molar-refractivity contribution in [3.63, 3.8) is 0 Å². The van der Waals surface area contributed by atoms with E-state index < -0.39 is 0 Å². The molecule has 1 amide bonds. The monoisotopic (exact) mass is 484 g/mol. The minimum Gasteiger partial charge on any atom is -0.495 e. The highest BCUT2D eigenvalue weighted by Crippen LogP contribution is 2.43. The fourth-order valence-electron chi connectivity index (χ4n) is 4.41. The van der Waals surface area contributed by atoms with Gasteiger partial charge in [-0.05, 0) is 66.8 Å². The Balaban J connectivity index is 1.66. The highest BCUT2D eigenvalue weighted by molar-refractivity contribution is 7.80. The van der Waals surface area contributed by atoms with Crippen molar-refractivity contribution < 1.29 is 9.53 Å². The molecule has 4 aromatic rings. The summed E-state index contributed by atoms with van der Waals surface area (Å²) >= 11 is 5.85. The summed E-state index contributed by atoms with van der Waals surface area (Å²) in [7, 11) is 1.57. The largest absolute Gasteiger partial charge is 0.495 e. The fourth-order valence-corrected chi connectivity index (χ4v) is 4.75. The molecule has 1 aromatic carbocycles. The standard InChI is InChI=1S/C26H24N6O2S/c1-17(33)29-20-16-18(11-12-22(20)34-2)32-25(24(30-26(32)35)19-8-3-5-13-27-19)21-9-7-15-31(21)23-10-4-6-14-28-23/h3-16,24-25H,1-2H3,(H,29,33)(H,30,35)/t24-,25+/m0/s1. The number of carbonyl (C=O) groups is 1. The molecular weight excluding hydrogens is 460 g/mol. The number of nitrogens with one attached hydrogen (secondary N) is 2. The molecule has 0 aliphatic carbocycles. The van der Waals surface area contributed by atoms with Crippen LogP contribution in [0.3, 0.4) is 0 Å². The van der Waals surface area contributed by atoms with E-state index in [4.69, 9.17) is 17.0 Å². The number of hydrogen-bond acceptors (Lipinski definition) is 5. The summed E-state index contributed by atoms with van der Waals surface area (Å²) in [5, 5.41) is 6.87. The second-order valence-corrected chi connectivity index (χ2v) is 8.44. The molecule has 0 saturated carbocycles. The van der Waals surface area contributed by atoms with Crippen LogP contribution in [0.4, 0.5) is 11.4 Å². The quantitative estimate of drug-likeness (QED) is 0.392. The van der Waals surface area contributed by atoms with Gasteiger partial charge in [0, 0.05) is 36.9 Å². The average molecular weight is 485 g/mol. The molecule has 1 saturated heterocycles. The number of rotatable bonds is 6. The van der Waals surface area contributed by atoms with Gasteiger partial charge in [-0.1, -0.05) is 12.1 Å². The van der Waals surface area contributed by atoms with E-state index in [1.807, 2.05) is 71.8 Å². The maximum atomic E-state index is 11.8. The Bertz CT molecular complexity index is 1360. The second kappa shape index (κ2) is 9.55. The average Bonchev–Trinajstić information content (AvgIpc) is 3.49. The highest BCUT2D eigenvalue weighted by Gasteiger charge is 2.42. The number of amides is 1. The molecule has 1 aliphatic heterocycles. The number of nitrogens with zero attached hydrogens (tertiary/aromatic N) is 4. The predicted molar refractivity (Wildman–Crippen MR) is 139 cm³/mol. The number of thiocarbonyl (C=S) groups is 1. The molecule has 1 aliphatic rings. The summed E-state index contributed by atoms with van der Waals surface area (Å²) in [6.45, 7) is 1.47. The van der Waals surface area contributed by atoms with Gasteiger partial charge in [-0.3, -0.25) is 9.78 Å². The Hall–Kier alpha value is -4.24. The van der Waals surface area contributed by atoms with E-state index in [0.29, 0.717) is 16.5 Å². The predicted octanol–water partition coefficient (Wildman–Crippen LogP) is 4.41. The molecule has 0 bridgehead atoms. The van der Waals surface area contributed by atoms with Crippen LogP contribution in [0.5, 0.6) is 5.75 Å². The number of ether oxygens (including phenoxy) is 1. The Labute approximate surface area is 208 Å². The molecule has 9 heteroatoms. The van der Waals surface area contributed by atoms with Gasteiger partial charge in [-0.15, -0.1) is 0 Å². The van der Waals surface area contributed by atoms with Crippen LogP contribution < -0.4 is 20.3 Å². The van der Waals surface area contributed by atoms with Crippen LogP contribution in [0.2, 0.25) is 0 Å². The van der Waals surface area contributed by atoms with Crippen LogP contribution in [0.15, 0.2) is 85.3 Å². The molecule has 3 aromatic heterocycles. The molecule has 35 heavy (non-hydrogen) atoms. The van der Waals surface area contributed by atoms with Crippen molar-refractivity contribution in [2.24, 2.45) is 0 Å². The number of anilines is 2.